The van der Waals surface area contributed by atoms with E-state index in [4.69, 9.17) is 11.6 Å². The fourth-order valence-electron chi connectivity index (χ4n) is 2.00. The molecule has 0 aliphatic heterocycles. The van der Waals surface area contributed by atoms with Crippen LogP contribution in [-0.4, -0.2) is 29.5 Å². The van der Waals surface area contributed by atoms with Gasteiger partial charge < -0.3 is 5.32 Å². The summed E-state index contributed by atoms with van der Waals surface area (Å²) in [5, 5.41) is 17.5. The first kappa shape index (κ1) is 19.1. The molecular weight excluding hydrogens is 360 g/mol. The molecule has 2 aromatic carbocycles. The number of nitro groups is 1. The van der Waals surface area contributed by atoms with Crippen LogP contribution >= 0.6 is 11.6 Å². The number of amides is 2. The van der Waals surface area contributed by atoms with Gasteiger partial charge in [0.15, 0.2) is 0 Å². The van der Waals surface area contributed by atoms with Crippen LogP contribution in [0.15, 0.2) is 47.6 Å². The van der Waals surface area contributed by atoms with E-state index in [1.807, 2.05) is 0 Å². The van der Waals surface area contributed by atoms with Gasteiger partial charge in [-0.2, -0.15) is 5.10 Å². The standard InChI is InChI=1S/C17H15ClN4O4/c1-11-6-7-12(8-15(11)22(25)26)17(24)19-10-16(23)21-20-9-13-4-2-3-5-14(13)18/h2-9H,10H2,1H3,(H,19,24)(H,21,23)/b20-9-. The van der Waals surface area contributed by atoms with Gasteiger partial charge in [-0.05, 0) is 19.1 Å². The predicted molar refractivity (Wildman–Crippen MR) is 97.4 cm³/mol. The zero-order valence-electron chi connectivity index (χ0n) is 13.7. The van der Waals surface area contributed by atoms with Crippen LogP contribution in [0.2, 0.25) is 5.02 Å². The van der Waals surface area contributed by atoms with Gasteiger partial charge in [-0.3, -0.25) is 19.7 Å². The number of aryl methyl sites for hydroxylation is 1. The third-order valence-electron chi connectivity index (χ3n) is 3.38. The molecule has 0 bridgehead atoms. The maximum atomic E-state index is 12.0. The van der Waals surface area contributed by atoms with Gasteiger partial charge in [0.1, 0.15) is 0 Å². The van der Waals surface area contributed by atoms with Gasteiger partial charge in [0, 0.05) is 27.8 Å². The number of hydrazone groups is 1. The molecule has 2 amide bonds. The first-order chi connectivity index (χ1) is 12.4. The second-order valence-corrected chi connectivity index (χ2v) is 5.66. The summed E-state index contributed by atoms with van der Waals surface area (Å²) in [6, 6.07) is 11.0. The molecule has 9 heteroatoms. The molecule has 0 spiro atoms. The third-order valence-corrected chi connectivity index (χ3v) is 3.72. The van der Waals surface area contributed by atoms with Crippen LogP contribution in [0.3, 0.4) is 0 Å². The first-order valence-corrected chi connectivity index (χ1v) is 7.86. The lowest BCUT2D eigenvalue weighted by Crippen LogP contribution is -2.34. The lowest BCUT2D eigenvalue weighted by Gasteiger charge is -2.05. The topological polar surface area (TPSA) is 114 Å². The van der Waals surface area contributed by atoms with E-state index in [1.165, 1.54) is 18.3 Å². The summed E-state index contributed by atoms with van der Waals surface area (Å²) in [4.78, 5) is 34.0. The highest BCUT2D eigenvalue weighted by Gasteiger charge is 2.15. The Bertz CT molecular complexity index is 883. The van der Waals surface area contributed by atoms with Gasteiger partial charge in [0.05, 0.1) is 17.7 Å². The largest absolute Gasteiger partial charge is 0.343 e. The number of carbonyl (C=O) groups is 2. The van der Waals surface area contributed by atoms with Crippen molar-refractivity contribution in [1.82, 2.24) is 10.7 Å². The van der Waals surface area contributed by atoms with Crippen molar-refractivity contribution in [1.29, 1.82) is 0 Å². The van der Waals surface area contributed by atoms with E-state index in [2.05, 4.69) is 15.8 Å². The fourth-order valence-corrected chi connectivity index (χ4v) is 2.19. The number of rotatable bonds is 6. The minimum atomic E-state index is -0.599. The van der Waals surface area contributed by atoms with Gasteiger partial charge in [0.2, 0.25) is 0 Å². The second-order valence-electron chi connectivity index (χ2n) is 5.26. The number of carbonyl (C=O) groups excluding carboxylic acids is 2. The molecule has 0 atom stereocenters. The van der Waals surface area contributed by atoms with Crippen molar-refractivity contribution in [2.24, 2.45) is 5.10 Å². The number of benzene rings is 2. The van der Waals surface area contributed by atoms with Crippen LogP contribution < -0.4 is 10.7 Å². The Labute approximate surface area is 154 Å². The molecule has 2 rings (SSSR count). The zero-order chi connectivity index (χ0) is 19.1. The molecular formula is C17H15ClN4O4. The normalized spacial score (nSPS) is 10.5. The molecule has 0 heterocycles. The number of hydrogen-bond donors (Lipinski definition) is 2. The van der Waals surface area contributed by atoms with E-state index < -0.39 is 16.7 Å². The van der Waals surface area contributed by atoms with E-state index >= 15 is 0 Å². The van der Waals surface area contributed by atoms with E-state index in [1.54, 1.807) is 31.2 Å². The molecule has 0 radical (unpaired) electrons. The van der Waals surface area contributed by atoms with E-state index in [9.17, 15) is 19.7 Å². The van der Waals surface area contributed by atoms with Gasteiger partial charge in [-0.1, -0.05) is 35.9 Å². The Morgan fingerprint density at radius 1 is 1.27 bits per heavy atom. The molecule has 0 aliphatic carbocycles. The minimum Gasteiger partial charge on any atom is -0.343 e. The molecule has 2 aromatic rings. The molecule has 26 heavy (non-hydrogen) atoms. The molecule has 0 aliphatic rings. The van der Waals surface area contributed by atoms with E-state index in [0.29, 0.717) is 16.1 Å². The van der Waals surface area contributed by atoms with Crippen molar-refractivity contribution >= 4 is 35.3 Å². The summed E-state index contributed by atoms with van der Waals surface area (Å²) < 4.78 is 0. The number of halogens is 1. The number of nitro benzene ring substituents is 1. The van der Waals surface area contributed by atoms with Crippen molar-refractivity contribution in [2.75, 3.05) is 6.54 Å². The Morgan fingerprint density at radius 3 is 2.69 bits per heavy atom. The Balaban J connectivity index is 1.89. The van der Waals surface area contributed by atoms with Gasteiger partial charge in [0.25, 0.3) is 17.5 Å². The summed E-state index contributed by atoms with van der Waals surface area (Å²) in [5.74, 6) is -1.15. The lowest BCUT2D eigenvalue weighted by atomic mass is 10.1. The summed E-state index contributed by atoms with van der Waals surface area (Å²) in [5.41, 5.74) is 3.26. The van der Waals surface area contributed by atoms with E-state index in [-0.39, 0.29) is 17.8 Å². The highest BCUT2D eigenvalue weighted by Crippen LogP contribution is 2.19. The summed E-state index contributed by atoms with van der Waals surface area (Å²) in [6.45, 7) is 1.24. The molecule has 0 unspecified atom stereocenters. The minimum absolute atomic E-state index is 0.0923. The van der Waals surface area contributed by atoms with Crippen molar-refractivity contribution in [3.05, 3.63) is 74.3 Å². The predicted octanol–water partition coefficient (Wildman–Crippen LogP) is 2.44. The van der Waals surface area contributed by atoms with Gasteiger partial charge >= 0.3 is 0 Å². The van der Waals surface area contributed by atoms with E-state index in [0.717, 1.165) is 6.07 Å². The lowest BCUT2D eigenvalue weighted by molar-refractivity contribution is -0.385. The summed E-state index contributed by atoms with van der Waals surface area (Å²) >= 11 is 5.95. The number of nitrogens with one attached hydrogen (secondary N) is 2. The number of nitrogens with zero attached hydrogens (tertiary/aromatic N) is 2. The average Bonchev–Trinajstić information content (AvgIpc) is 2.61. The highest BCUT2D eigenvalue weighted by atomic mass is 35.5. The van der Waals surface area contributed by atoms with Crippen LogP contribution in [-0.2, 0) is 4.79 Å². The third kappa shape index (κ3) is 5.12. The smallest absolute Gasteiger partial charge is 0.273 e. The van der Waals surface area contributed by atoms with Crippen LogP contribution in [0.4, 0.5) is 5.69 Å². The number of hydrogen-bond acceptors (Lipinski definition) is 5. The zero-order valence-corrected chi connectivity index (χ0v) is 14.5. The first-order valence-electron chi connectivity index (χ1n) is 7.48. The summed E-state index contributed by atoms with van der Waals surface area (Å²) in [7, 11) is 0. The molecule has 2 N–H and O–H groups in total. The fraction of sp³-hybridized carbons (Fsp3) is 0.118. The maximum absolute atomic E-state index is 12.0. The highest BCUT2D eigenvalue weighted by molar-refractivity contribution is 6.33. The SMILES string of the molecule is Cc1ccc(C(=O)NCC(=O)N/N=C\c2ccccc2Cl)cc1[N+](=O)[O-]. The molecule has 8 nitrogen and oxygen atoms in total. The van der Waals surface area contributed by atoms with Crippen molar-refractivity contribution in [2.45, 2.75) is 6.92 Å². The molecule has 0 saturated heterocycles. The molecule has 0 saturated carbocycles. The second kappa shape index (κ2) is 8.72. The van der Waals surface area contributed by atoms with Crippen LogP contribution in [0.1, 0.15) is 21.5 Å². The van der Waals surface area contributed by atoms with Crippen LogP contribution in [0.5, 0.6) is 0 Å². The monoisotopic (exact) mass is 374 g/mol. The van der Waals surface area contributed by atoms with Crippen molar-refractivity contribution < 1.29 is 14.5 Å². The molecule has 134 valence electrons. The Morgan fingerprint density at radius 2 is 2.00 bits per heavy atom. The van der Waals surface area contributed by atoms with Gasteiger partial charge in [-0.25, -0.2) is 5.43 Å². The Kier molecular flexibility index (Phi) is 6.40. The maximum Gasteiger partial charge on any atom is 0.273 e. The van der Waals surface area contributed by atoms with Gasteiger partial charge in [-0.15, -0.1) is 0 Å². The quantitative estimate of drug-likeness (QED) is 0.459. The Hall–Kier alpha value is -3.26. The van der Waals surface area contributed by atoms with Crippen molar-refractivity contribution in [3.8, 4) is 0 Å². The summed E-state index contributed by atoms with van der Waals surface area (Å²) in [6.07, 6.45) is 1.38. The van der Waals surface area contributed by atoms with Crippen LogP contribution in [0, 0.1) is 17.0 Å². The molecule has 0 aromatic heterocycles. The van der Waals surface area contributed by atoms with Crippen molar-refractivity contribution in [3.63, 3.8) is 0 Å². The molecule has 0 fully saturated rings. The van der Waals surface area contributed by atoms with Crippen LogP contribution in [0.25, 0.3) is 0 Å². The average molecular weight is 375 g/mol.